The molecule has 0 aliphatic rings. The van der Waals surface area contributed by atoms with Crippen molar-refractivity contribution >= 4 is 5.91 Å². The maximum Gasteiger partial charge on any atom is 0.255 e. The minimum absolute atomic E-state index is 0.0401. The number of aromatic nitrogens is 2. The first-order chi connectivity index (χ1) is 7.10. The van der Waals surface area contributed by atoms with Crippen LogP contribution in [0, 0.1) is 6.92 Å². The van der Waals surface area contributed by atoms with E-state index < -0.39 is 0 Å². The SMILES string of the molecule is CC[C@@H](CO)NC(=O)c1cnn(C)c1C. The summed E-state index contributed by atoms with van der Waals surface area (Å²) in [4.78, 5) is 11.7. The van der Waals surface area contributed by atoms with Gasteiger partial charge in [-0.3, -0.25) is 9.48 Å². The average Bonchev–Trinajstić information content (AvgIpc) is 2.56. The zero-order chi connectivity index (χ0) is 11.4. The molecule has 0 unspecified atom stereocenters. The Kier molecular flexibility index (Phi) is 3.85. The number of aryl methyl sites for hydroxylation is 1. The van der Waals surface area contributed by atoms with Crippen LogP contribution < -0.4 is 5.32 Å². The molecule has 0 spiro atoms. The molecule has 1 amide bonds. The summed E-state index contributed by atoms with van der Waals surface area (Å²) in [7, 11) is 1.79. The first kappa shape index (κ1) is 11.7. The Hall–Kier alpha value is -1.36. The molecule has 2 N–H and O–H groups in total. The lowest BCUT2D eigenvalue weighted by atomic mass is 10.2. The number of aliphatic hydroxyl groups is 1. The normalized spacial score (nSPS) is 12.5. The molecule has 5 heteroatoms. The van der Waals surface area contributed by atoms with Gasteiger partial charge in [0.05, 0.1) is 24.4 Å². The van der Waals surface area contributed by atoms with E-state index in [-0.39, 0.29) is 18.6 Å². The number of carbonyl (C=O) groups is 1. The van der Waals surface area contributed by atoms with Gasteiger partial charge in [0.2, 0.25) is 0 Å². The number of nitrogens with one attached hydrogen (secondary N) is 1. The van der Waals surface area contributed by atoms with Crippen LogP contribution in [-0.4, -0.2) is 33.4 Å². The molecule has 0 saturated heterocycles. The summed E-state index contributed by atoms with van der Waals surface area (Å²) < 4.78 is 1.65. The van der Waals surface area contributed by atoms with Gasteiger partial charge in [-0.15, -0.1) is 0 Å². The van der Waals surface area contributed by atoms with E-state index >= 15 is 0 Å². The molecule has 0 aromatic carbocycles. The monoisotopic (exact) mass is 211 g/mol. The van der Waals surface area contributed by atoms with Gasteiger partial charge in [-0.1, -0.05) is 6.92 Å². The quantitative estimate of drug-likeness (QED) is 0.749. The lowest BCUT2D eigenvalue weighted by Gasteiger charge is -2.13. The van der Waals surface area contributed by atoms with Gasteiger partial charge in [-0.25, -0.2) is 0 Å². The molecule has 1 heterocycles. The third kappa shape index (κ3) is 2.56. The Bertz CT molecular complexity index is 342. The van der Waals surface area contributed by atoms with E-state index in [1.54, 1.807) is 11.7 Å². The summed E-state index contributed by atoms with van der Waals surface area (Å²) in [6.45, 7) is 3.71. The second-order valence-electron chi connectivity index (χ2n) is 3.53. The number of nitrogens with zero attached hydrogens (tertiary/aromatic N) is 2. The molecule has 15 heavy (non-hydrogen) atoms. The molecule has 1 atom stereocenters. The van der Waals surface area contributed by atoms with E-state index in [9.17, 15) is 4.79 Å². The van der Waals surface area contributed by atoms with Crippen molar-refractivity contribution in [3.05, 3.63) is 17.5 Å². The molecule has 0 aliphatic carbocycles. The predicted molar refractivity (Wildman–Crippen MR) is 56.6 cm³/mol. The number of aliphatic hydroxyl groups excluding tert-OH is 1. The fourth-order valence-corrected chi connectivity index (χ4v) is 1.26. The minimum atomic E-state index is -0.183. The van der Waals surface area contributed by atoms with Crippen molar-refractivity contribution < 1.29 is 9.90 Å². The van der Waals surface area contributed by atoms with Crippen molar-refractivity contribution in [1.82, 2.24) is 15.1 Å². The highest BCUT2D eigenvalue weighted by atomic mass is 16.3. The van der Waals surface area contributed by atoms with Crippen LogP contribution in [0.5, 0.6) is 0 Å². The van der Waals surface area contributed by atoms with Crippen LogP contribution in [0.1, 0.15) is 29.4 Å². The molecule has 0 bridgehead atoms. The maximum atomic E-state index is 11.7. The van der Waals surface area contributed by atoms with E-state index in [1.165, 1.54) is 6.20 Å². The van der Waals surface area contributed by atoms with Gasteiger partial charge in [-0.2, -0.15) is 5.10 Å². The van der Waals surface area contributed by atoms with Gasteiger partial charge in [0.25, 0.3) is 5.91 Å². The molecule has 0 aliphatic heterocycles. The first-order valence-corrected chi connectivity index (χ1v) is 5.00. The van der Waals surface area contributed by atoms with Crippen LogP contribution >= 0.6 is 0 Å². The number of amides is 1. The van der Waals surface area contributed by atoms with Crippen LogP contribution in [-0.2, 0) is 7.05 Å². The van der Waals surface area contributed by atoms with Crippen molar-refractivity contribution in [2.45, 2.75) is 26.3 Å². The molecule has 84 valence electrons. The highest BCUT2D eigenvalue weighted by Gasteiger charge is 2.15. The van der Waals surface area contributed by atoms with Gasteiger partial charge < -0.3 is 10.4 Å². The van der Waals surface area contributed by atoms with Crippen molar-refractivity contribution in [1.29, 1.82) is 0 Å². The lowest BCUT2D eigenvalue weighted by Crippen LogP contribution is -2.37. The Morgan fingerprint density at radius 3 is 2.80 bits per heavy atom. The standard InChI is InChI=1S/C10H17N3O2/c1-4-8(6-14)12-10(15)9-5-11-13(3)7(9)2/h5,8,14H,4,6H2,1-3H3,(H,12,15)/t8-/m0/s1. The smallest absolute Gasteiger partial charge is 0.255 e. The molecular weight excluding hydrogens is 194 g/mol. The van der Waals surface area contributed by atoms with E-state index in [4.69, 9.17) is 5.11 Å². The maximum absolute atomic E-state index is 11.7. The zero-order valence-electron chi connectivity index (χ0n) is 9.32. The summed E-state index contributed by atoms with van der Waals surface area (Å²) >= 11 is 0. The lowest BCUT2D eigenvalue weighted by molar-refractivity contribution is 0.0914. The molecule has 5 nitrogen and oxygen atoms in total. The van der Waals surface area contributed by atoms with Crippen LogP contribution in [0.2, 0.25) is 0 Å². The summed E-state index contributed by atoms with van der Waals surface area (Å²) in [5.74, 6) is -0.179. The third-order valence-electron chi connectivity index (χ3n) is 2.53. The number of hydrogen-bond donors (Lipinski definition) is 2. The van der Waals surface area contributed by atoms with Gasteiger partial charge in [-0.05, 0) is 13.3 Å². The number of rotatable bonds is 4. The predicted octanol–water partition coefficient (Wildman–Crippen LogP) is 0.229. The van der Waals surface area contributed by atoms with E-state index in [0.717, 1.165) is 5.69 Å². The molecule has 1 rings (SSSR count). The van der Waals surface area contributed by atoms with E-state index in [1.807, 2.05) is 13.8 Å². The summed E-state index contributed by atoms with van der Waals surface area (Å²) in [5, 5.41) is 15.7. The molecule has 0 radical (unpaired) electrons. The van der Waals surface area contributed by atoms with E-state index in [0.29, 0.717) is 12.0 Å². The van der Waals surface area contributed by atoms with Crippen LogP contribution in [0.15, 0.2) is 6.20 Å². The Balaban J connectivity index is 2.73. The summed E-state index contributed by atoms with van der Waals surface area (Å²) in [6, 6.07) is -0.183. The average molecular weight is 211 g/mol. The third-order valence-corrected chi connectivity index (χ3v) is 2.53. The molecule has 0 saturated carbocycles. The highest BCUT2D eigenvalue weighted by molar-refractivity contribution is 5.95. The van der Waals surface area contributed by atoms with Crippen LogP contribution in [0.4, 0.5) is 0 Å². The zero-order valence-corrected chi connectivity index (χ0v) is 9.32. The van der Waals surface area contributed by atoms with Crippen molar-refractivity contribution in [2.75, 3.05) is 6.61 Å². The Labute approximate surface area is 89.1 Å². The van der Waals surface area contributed by atoms with Gasteiger partial charge in [0.1, 0.15) is 0 Å². The second-order valence-corrected chi connectivity index (χ2v) is 3.53. The van der Waals surface area contributed by atoms with Gasteiger partial charge >= 0.3 is 0 Å². The summed E-state index contributed by atoms with van der Waals surface area (Å²) in [5.41, 5.74) is 1.38. The van der Waals surface area contributed by atoms with Crippen molar-refractivity contribution in [2.24, 2.45) is 7.05 Å². The second kappa shape index (κ2) is 4.93. The molecule has 0 fully saturated rings. The Morgan fingerprint density at radius 1 is 1.73 bits per heavy atom. The van der Waals surface area contributed by atoms with Crippen LogP contribution in [0.3, 0.4) is 0 Å². The van der Waals surface area contributed by atoms with Gasteiger partial charge in [0.15, 0.2) is 0 Å². The minimum Gasteiger partial charge on any atom is -0.394 e. The molecule has 1 aromatic heterocycles. The fourth-order valence-electron chi connectivity index (χ4n) is 1.26. The molecular formula is C10H17N3O2. The topological polar surface area (TPSA) is 67.2 Å². The summed E-state index contributed by atoms with van der Waals surface area (Å²) in [6.07, 6.45) is 2.25. The van der Waals surface area contributed by atoms with Crippen molar-refractivity contribution in [3.63, 3.8) is 0 Å². The Morgan fingerprint density at radius 2 is 2.40 bits per heavy atom. The first-order valence-electron chi connectivity index (χ1n) is 5.00. The van der Waals surface area contributed by atoms with Crippen LogP contribution in [0.25, 0.3) is 0 Å². The molecule has 1 aromatic rings. The number of carbonyl (C=O) groups excluding carboxylic acids is 1. The van der Waals surface area contributed by atoms with Gasteiger partial charge in [0, 0.05) is 12.7 Å². The largest absolute Gasteiger partial charge is 0.394 e. The number of hydrogen-bond acceptors (Lipinski definition) is 3. The fraction of sp³-hybridized carbons (Fsp3) is 0.600. The van der Waals surface area contributed by atoms with Crippen molar-refractivity contribution in [3.8, 4) is 0 Å². The highest BCUT2D eigenvalue weighted by Crippen LogP contribution is 2.05. The van der Waals surface area contributed by atoms with E-state index in [2.05, 4.69) is 10.4 Å².